The third-order valence-corrected chi connectivity index (χ3v) is 5.24. The number of aromatic nitrogens is 1. The number of ether oxygens (including phenoxy) is 2. The number of hydrogen-bond acceptors (Lipinski definition) is 4. The van der Waals surface area contributed by atoms with Crippen LogP contribution >= 0.6 is 0 Å². The predicted molar refractivity (Wildman–Crippen MR) is 105 cm³/mol. The van der Waals surface area contributed by atoms with E-state index in [4.69, 9.17) is 9.47 Å². The summed E-state index contributed by atoms with van der Waals surface area (Å²) in [4.78, 5) is 17.5. The van der Waals surface area contributed by atoms with Crippen molar-refractivity contribution in [3.05, 3.63) is 54.4 Å². The van der Waals surface area contributed by atoms with Crippen LogP contribution in [0, 0.1) is 5.41 Å². The lowest BCUT2D eigenvalue weighted by atomic mass is 9.73. The third kappa shape index (κ3) is 4.73. The molecule has 1 aromatic carbocycles. The first-order valence-electron chi connectivity index (χ1n) is 9.50. The van der Waals surface area contributed by atoms with E-state index in [1.54, 1.807) is 13.3 Å². The number of amides is 1. The van der Waals surface area contributed by atoms with Crippen molar-refractivity contribution in [1.29, 1.82) is 0 Å². The van der Waals surface area contributed by atoms with Crippen LogP contribution in [0.3, 0.4) is 0 Å². The maximum atomic E-state index is 13.2. The monoisotopic (exact) mass is 368 g/mol. The molecular weight excluding hydrogens is 340 g/mol. The van der Waals surface area contributed by atoms with Crippen LogP contribution in [0.15, 0.2) is 48.8 Å². The number of rotatable bonds is 7. The Hall–Kier alpha value is -2.24. The van der Waals surface area contributed by atoms with Crippen LogP contribution in [0.25, 0.3) is 11.1 Å². The summed E-state index contributed by atoms with van der Waals surface area (Å²) in [5.74, 6) is 0.0938. The topological polar surface area (TPSA) is 60.5 Å². The van der Waals surface area contributed by atoms with Gasteiger partial charge in [-0.2, -0.15) is 0 Å². The van der Waals surface area contributed by atoms with Gasteiger partial charge in [0.15, 0.2) is 0 Å². The summed E-state index contributed by atoms with van der Waals surface area (Å²) in [6, 6.07) is 12.3. The fourth-order valence-corrected chi connectivity index (χ4v) is 3.76. The van der Waals surface area contributed by atoms with E-state index in [9.17, 15) is 4.79 Å². The number of hydrogen-bond donors (Lipinski definition) is 1. The number of nitrogens with zero attached hydrogens (tertiary/aromatic N) is 1. The van der Waals surface area contributed by atoms with Crippen LogP contribution in [0.2, 0.25) is 0 Å². The van der Waals surface area contributed by atoms with Crippen LogP contribution < -0.4 is 5.32 Å². The van der Waals surface area contributed by atoms with E-state index in [0.29, 0.717) is 26.2 Å². The third-order valence-electron chi connectivity index (χ3n) is 5.24. The van der Waals surface area contributed by atoms with Crippen molar-refractivity contribution in [2.45, 2.75) is 32.2 Å². The summed E-state index contributed by atoms with van der Waals surface area (Å²) in [5, 5.41) is 3.14. The first-order chi connectivity index (χ1) is 13.1. The first-order valence-corrected chi connectivity index (χ1v) is 9.50. The van der Waals surface area contributed by atoms with Crippen LogP contribution in [0.1, 0.15) is 25.3 Å². The van der Waals surface area contributed by atoms with Crippen molar-refractivity contribution in [3.63, 3.8) is 0 Å². The number of methoxy groups -OCH3 is 1. The van der Waals surface area contributed by atoms with Gasteiger partial charge in [-0.25, -0.2) is 0 Å². The second-order valence-electron chi connectivity index (χ2n) is 7.30. The molecule has 1 amide bonds. The van der Waals surface area contributed by atoms with Crippen molar-refractivity contribution in [1.82, 2.24) is 10.3 Å². The van der Waals surface area contributed by atoms with Gasteiger partial charge >= 0.3 is 0 Å². The van der Waals surface area contributed by atoms with Crippen molar-refractivity contribution >= 4 is 5.91 Å². The fourth-order valence-electron chi connectivity index (χ4n) is 3.76. The molecule has 5 nitrogen and oxygen atoms in total. The molecule has 3 rings (SSSR count). The smallest absolute Gasteiger partial charge is 0.227 e. The molecule has 0 unspecified atom stereocenters. The molecule has 1 aliphatic heterocycles. The summed E-state index contributed by atoms with van der Waals surface area (Å²) >= 11 is 0. The largest absolute Gasteiger partial charge is 0.383 e. The highest BCUT2D eigenvalue weighted by Crippen LogP contribution is 2.37. The first kappa shape index (κ1) is 19.5. The summed E-state index contributed by atoms with van der Waals surface area (Å²) in [7, 11) is 1.65. The minimum atomic E-state index is -0.460. The molecule has 27 heavy (non-hydrogen) atoms. The standard InChI is InChI=1S/C22H28N2O3/c1-17(16-26-2)24-21(25)22(9-12-27-13-10-22)14-18-6-3-4-8-20(18)19-7-5-11-23-15-19/h3-8,11,15,17H,9-10,12-14,16H2,1-2H3,(H,24,25)/t17-/m1/s1. The van der Waals surface area contributed by atoms with Gasteiger partial charge in [-0.1, -0.05) is 30.3 Å². The molecule has 0 bridgehead atoms. The molecule has 1 aliphatic rings. The zero-order valence-corrected chi connectivity index (χ0v) is 16.1. The highest BCUT2D eigenvalue weighted by atomic mass is 16.5. The van der Waals surface area contributed by atoms with Gasteiger partial charge in [-0.05, 0) is 43.4 Å². The lowest BCUT2D eigenvalue weighted by Gasteiger charge is -2.37. The number of nitrogens with one attached hydrogen (secondary N) is 1. The average Bonchev–Trinajstić information content (AvgIpc) is 2.70. The van der Waals surface area contributed by atoms with E-state index in [2.05, 4.69) is 28.5 Å². The van der Waals surface area contributed by atoms with Crippen molar-refractivity contribution in [3.8, 4) is 11.1 Å². The Bertz CT molecular complexity index is 742. The second kappa shape index (κ2) is 9.11. The fraction of sp³-hybridized carbons (Fsp3) is 0.455. The summed E-state index contributed by atoms with van der Waals surface area (Å²) in [6.07, 6.45) is 5.78. The SMILES string of the molecule is COC[C@@H](C)NC(=O)C1(Cc2ccccc2-c2cccnc2)CCOCC1. The molecule has 144 valence electrons. The van der Waals surface area contributed by atoms with E-state index in [-0.39, 0.29) is 11.9 Å². The molecule has 1 N–H and O–H groups in total. The molecule has 0 spiro atoms. The molecular formula is C22H28N2O3. The van der Waals surface area contributed by atoms with E-state index in [0.717, 1.165) is 24.0 Å². The maximum Gasteiger partial charge on any atom is 0.227 e. The Labute approximate surface area is 161 Å². The minimum absolute atomic E-state index is 0.0178. The van der Waals surface area contributed by atoms with E-state index >= 15 is 0 Å². The van der Waals surface area contributed by atoms with Crippen LogP contribution in [-0.2, 0) is 20.7 Å². The average molecular weight is 368 g/mol. The number of pyridine rings is 1. The number of benzene rings is 1. The van der Waals surface area contributed by atoms with Gasteiger partial charge in [0, 0.05) is 44.3 Å². The summed E-state index contributed by atoms with van der Waals surface area (Å²) < 4.78 is 10.7. The van der Waals surface area contributed by atoms with E-state index in [1.165, 1.54) is 5.56 Å². The Balaban J connectivity index is 1.89. The molecule has 1 fully saturated rings. The van der Waals surface area contributed by atoms with Crippen molar-refractivity contribution < 1.29 is 14.3 Å². The zero-order valence-electron chi connectivity index (χ0n) is 16.1. The van der Waals surface area contributed by atoms with Crippen LogP contribution in [0.4, 0.5) is 0 Å². The molecule has 1 saturated heterocycles. The van der Waals surface area contributed by atoms with E-state index in [1.807, 2.05) is 31.3 Å². The lowest BCUT2D eigenvalue weighted by molar-refractivity contribution is -0.137. The number of carbonyl (C=O) groups is 1. The van der Waals surface area contributed by atoms with Crippen LogP contribution in [0.5, 0.6) is 0 Å². The Morgan fingerprint density at radius 3 is 2.74 bits per heavy atom. The summed E-state index contributed by atoms with van der Waals surface area (Å²) in [6.45, 7) is 3.70. The molecule has 0 radical (unpaired) electrons. The van der Waals surface area contributed by atoms with Gasteiger partial charge in [-0.3, -0.25) is 9.78 Å². The Kier molecular flexibility index (Phi) is 6.58. The second-order valence-corrected chi connectivity index (χ2v) is 7.30. The van der Waals surface area contributed by atoms with Gasteiger partial charge in [0.05, 0.1) is 12.0 Å². The normalized spacial score (nSPS) is 17.3. The Morgan fingerprint density at radius 2 is 2.04 bits per heavy atom. The minimum Gasteiger partial charge on any atom is -0.383 e. The molecule has 1 aromatic heterocycles. The highest BCUT2D eigenvalue weighted by molar-refractivity contribution is 5.84. The lowest BCUT2D eigenvalue weighted by Crippen LogP contribution is -2.49. The molecule has 0 saturated carbocycles. The van der Waals surface area contributed by atoms with Gasteiger partial charge in [0.2, 0.25) is 5.91 Å². The number of carbonyl (C=O) groups excluding carboxylic acids is 1. The van der Waals surface area contributed by atoms with Crippen molar-refractivity contribution in [2.24, 2.45) is 5.41 Å². The Morgan fingerprint density at radius 1 is 1.26 bits per heavy atom. The van der Waals surface area contributed by atoms with Crippen molar-refractivity contribution in [2.75, 3.05) is 26.9 Å². The highest BCUT2D eigenvalue weighted by Gasteiger charge is 2.41. The molecule has 2 heterocycles. The molecule has 1 atom stereocenters. The van der Waals surface area contributed by atoms with E-state index < -0.39 is 5.41 Å². The quantitative estimate of drug-likeness (QED) is 0.815. The molecule has 5 heteroatoms. The van der Waals surface area contributed by atoms with Gasteiger partial charge in [0.25, 0.3) is 0 Å². The van der Waals surface area contributed by atoms with Crippen LogP contribution in [-0.4, -0.2) is 43.9 Å². The maximum absolute atomic E-state index is 13.2. The van der Waals surface area contributed by atoms with Gasteiger partial charge in [-0.15, -0.1) is 0 Å². The molecule has 2 aromatic rings. The summed E-state index contributed by atoms with van der Waals surface area (Å²) in [5.41, 5.74) is 2.91. The van der Waals surface area contributed by atoms with Gasteiger partial charge < -0.3 is 14.8 Å². The zero-order chi connectivity index (χ0) is 19.1. The van der Waals surface area contributed by atoms with Gasteiger partial charge in [0.1, 0.15) is 0 Å². The molecule has 0 aliphatic carbocycles. The predicted octanol–water partition coefficient (Wildman–Crippen LogP) is 3.24.